The Morgan fingerprint density at radius 2 is 2.24 bits per heavy atom. The first-order chi connectivity index (χ1) is 8.17. The third kappa shape index (κ3) is 4.43. The number of rotatable bonds is 6. The topological polar surface area (TPSA) is 38.3 Å². The van der Waals surface area contributed by atoms with Crippen LogP contribution in [0.2, 0.25) is 0 Å². The molecule has 3 nitrogen and oxygen atoms in total. The Morgan fingerprint density at radius 1 is 1.47 bits per heavy atom. The van der Waals surface area contributed by atoms with Gasteiger partial charge in [-0.15, -0.1) is 0 Å². The van der Waals surface area contributed by atoms with Crippen LogP contribution in [-0.2, 0) is 11.2 Å². The van der Waals surface area contributed by atoms with Gasteiger partial charge in [0.2, 0.25) is 5.91 Å². The number of carbonyl (C=O) groups excluding carboxylic acids is 1. The van der Waals surface area contributed by atoms with E-state index in [0.29, 0.717) is 19.4 Å². The van der Waals surface area contributed by atoms with E-state index < -0.39 is 0 Å². The summed E-state index contributed by atoms with van der Waals surface area (Å²) in [4.78, 5) is 11.4. The average Bonchev–Trinajstić information content (AvgIpc) is 2.34. The van der Waals surface area contributed by atoms with Crippen molar-refractivity contribution in [3.05, 3.63) is 29.6 Å². The zero-order valence-electron chi connectivity index (χ0n) is 10.3. The summed E-state index contributed by atoms with van der Waals surface area (Å²) in [6, 6.07) is 4.76. The molecule has 0 spiro atoms. The van der Waals surface area contributed by atoms with Gasteiger partial charge < -0.3 is 10.1 Å². The van der Waals surface area contributed by atoms with Crippen LogP contribution >= 0.6 is 0 Å². The maximum Gasteiger partial charge on any atom is 0.220 e. The smallest absolute Gasteiger partial charge is 0.220 e. The van der Waals surface area contributed by atoms with Crippen molar-refractivity contribution in [2.75, 3.05) is 13.7 Å². The average molecular weight is 239 g/mol. The Labute approximate surface area is 101 Å². The molecule has 0 aliphatic carbocycles. The van der Waals surface area contributed by atoms with Crippen molar-refractivity contribution < 1.29 is 13.9 Å². The number of amides is 1. The summed E-state index contributed by atoms with van der Waals surface area (Å²) >= 11 is 0. The van der Waals surface area contributed by atoms with E-state index in [1.54, 1.807) is 12.1 Å². The molecule has 4 heteroatoms. The van der Waals surface area contributed by atoms with E-state index in [9.17, 15) is 9.18 Å². The predicted molar refractivity (Wildman–Crippen MR) is 64.6 cm³/mol. The first-order valence-corrected chi connectivity index (χ1v) is 5.76. The normalized spacial score (nSPS) is 10.1. The Hall–Kier alpha value is -1.58. The lowest BCUT2D eigenvalue weighted by Crippen LogP contribution is -2.24. The minimum absolute atomic E-state index is 0.00285. The van der Waals surface area contributed by atoms with Gasteiger partial charge in [-0.3, -0.25) is 4.79 Å². The van der Waals surface area contributed by atoms with E-state index in [1.807, 2.05) is 6.92 Å². The third-order valence-corrected chi connectivity index (χ3v) is 2.43. The molecule has 17 heavy (non-hydrogen) atoms. The SMILES string of the molecule is CCCNC(=O)CCc1ccc(OC)c(F)c1. The molecule has 1 aromatic carbocycles. The number of ether oxygens (including phenoxy) is 1. The Morgan fingerprint density at radius 3 is 2.82 bits per heavy atom. The van der Waals surface area contributed by atoms with Crippen molar-refractivity contribution in [2.45, 2.75) is 26.2 Å². The second kappa shape index (κ2) is 6.89. The largest absolute Gasteiger partial charge is 0.494 e. The highest BCUT2D eigenvalue weighted by Crippen LogP contribution is 2.18. The Kier molecular flexibility index (Phi) is 5.46. The van der Waals surface area contributed by atoms with Gasteiger partial charge in [0.1, 0.15) is 0 Å². The molecule has 0 saturated carbocycles. The lowest BCUT2D eigenvalue weighted by Gasteiger charge is -2.06. The number of aryl methyl sites for hydroxylation is 1. The molecule has 0 aromatic heterocycles. The van der Waals surface area contributed by atoms with Crippen LogP contribution in [0.15, 0.2) is 18.2 Å². The summed E-state index contributed by atoms with van der Waals surface area (Å²) in [5.41, 5.74) is 0.801. The second-order valence-electron chi connectivity index (χ2n) is 3.82. The highest BCUT2D eigenvalue weighted by atomic mass is 19.1. The summed E-state index contributed by atoms with van der Waals surface area (Å²) in [5, 5.41) is 2.78. The first kappa shape index (κ1) is 13.5. The molecule has 1 aromatic rings. The van der Waals surface area contributed by atoms with Crippen molar-refractivity contribution in [1.29, 1.82) is 0 Å². The second-order valence-corrected chi connectivity index (χ2v) is 3.82. The van der Waals surface area contributed by atoms with Gasteiger partial charge in [0.15, 0.2) is 11.6 Å². The molecule has 1 rings (SSSR count). The molecule has 0 bridgehead atoms. The van der Waals surface area contributed by atoms with Crippen LogP contribution in [0.4, 0.5) is 4.39 Å². The fourth-order valence-electron chi connectivity index (χ4n) is 1.48. The predicted octanol–water partition coefficient (Wildman–Crippen LogP) is 2.29. The summed E-state index contributed by atoms with van der Waals surface area (Å²) in [5.74, 6) is -0.161. The Balaban J connectivity index is 2.47. The number of nitrogens with one attached hydrogen (secondary N) is 1. The molecule has 0 radical (unpaired) electrons. The van der Waals surface area contributed by atoms with Crippen molar-refractivity contribution in [3.63, 3.8) is 0 Å². The van der Waals surface area contributed by atoms with E-state index in [1.165, 1.54) is 13.2 Å². The van der Waals surface area contributed by atoms with Crippen molar-refractivity contribution in [1.82, 2.24) is 5.32 Å². The van der Waals surface area contributed by atoms with E-state index in [4.69, 9.17) is 4.74 Å². The van der Waals surface area contributed by atoms with Crippen LogP contribution in [0.3, 0.4) is 0 Å². The molecule has 0 heterocycles. The number of hydrogen-bond acceptors (Lipinski definition) is 2. The monoisotopic (exact) mass is 239 g/mol. The van der Waals surface area contributed by atoms with Crippen LogP contribution in [-0.4, -0.2) is 19.6 Å². The number of hydrogen-bond donors (Lipinski definition) is 1. The van der Waals surface area contributed by atoms with Crippen molar-refractivity contribution >= 4 is 5.91 Å². The molecule has 94 valence electrons. The number of carbonyl (C=O) groups is 1. The fraction of sp³-hybridized carbons (Fsp3) is 0.462. The third-order valence-electron chi connectivity index (χ3n) is 2.43. The molecular formula is C13H18FNO2. The van der Waals surface area contributed by atoms with Gasteiger partial charge in [-0.05, 0) is 30.5 Å². The van der Waals surface area contributed by atoms with Gasteiger partial charge in [0, 0.05) is 13.0 Å². The molecule has 1 N–H and O–H groups in total. The molecule has 0 fully saturated rings. The lowest BCUT2D eigenvalue weighted by molar-refractivity contribution is -0.121. The van der Waals surface area contributed by atoms with E-state index in [-0.39, 0.29) is 17.5 Å². The zero-order valence-corrected chi connectivity index (χ0v) is 10.3. The molecular weight excluding hydrogens is 221 g/mol. The summed E-state index contributed by atoms with van der Waals surface area (Å²) in [6.45, 7) is 2.69. The van der Waals surface area contributed by atoms with Gasteiger partial charge in [0.25, 0.3) is 0 Å². The molecule has 0 aliphatic heterocycles. The lowest BCUT2D eigenvalue weighted by atomic mass is 10.1. The summed E-state index contributed by atoms with van der Waals surface area (Å²) in [7, 11) is 1.43. The maximum absolute atomic E-state index is 13.4. The van der Waals surface area contributed by atoms with Crippen LogP contribution < -0.4 is 10.1 Å². The van der Waals surface area contributed by atoms with Crippen LogP contribution in [0, 0.1) is 5.82 Å². The van der Waals surface area contributed by atoms with Crippen LogP contribution in [0.1, 0.15) is 25.3 Å². The summed E-state index contributed by atoms with van der Waals surface area (Å²) < 4.78 is 18.2. The standard InChI is InChI=1S/C13H18FNO2/c1-3-8-15-13(16)7-5-10-4-6-12(17-2)11(14)9-10/h4,6,9H,3,5,7-8H2,1-2H3,(H,15,16). The van der Waals surface area contributed by atoms with Crippen LogP contribution in [0.25, 0.3) is 0 Å². The van der Waals surface area contributed by atoms with Gasteiger partial charge in [-0.2, -0.15) is 0 Å². The molecule has 0 unspecified atom stereocenters. The first-order valence-electron chi connectivity index (χ1n) is 5.76. The quantitative estimate of drug-likeness (QED) is 0.827. The van der Waals surface area contributed by atoms with Gasteiger partial charge in [-0.25, -0.2) is 4.39 Å². The number of methoxy groups -OCH3 is 1. The molecule has 0 aliphatic rings. The number of halogens is 1. The van der Waals surface area contributed by atoms with Gasteiger partial charge >= 0.3 is 0 Å². The molecule has 0 atom stereocenters. The highest BCUT2D eigenvalue weighted by Gasteiger charge is 2.05. The molecule has 1 amide bonds. The van der Waals surface area contributed by atoms with E-state index >= 15 is 0 Å². The summed E-state index contributed by atoms with van der Waals surface area (Å²) in [6.07, 6.45) is 1.84. The van der Waals surface area contributed by atoms with Gasteiger partial charge in [-0.1, -0.05) is 13.0 Å². The van der Waals surface area contributed by atoms with E-state index in [0.717, 1.165) is 12.0 Å². The van der Waals surface area contributed by atoms with Crippen molar-refractivity contribution in [3.8, 4) is 5.75 Å². The van der Waals surface area contributed by atoms with Gasteiger partial charge in [0.05, 0.1) is 7.11 Å². The molecule has 0 saturated heterocycles. The van der Waals surface area contributed by atoms with E-state index in [2.05, 4.69) is 5.32 Å². The maximum atomic E-state index is 13.4. The minimum atomic E-state index is -0.390. The number of benzene rings is 1. The van der Waals surface area contributed by atoms with Crippen LogP contribution in [0.5, 0.6) is 5.75 Å². The fourth-order valence-corrected chi connectivity index (χ4v) is 1.48. The minimum Gasteiger partial charge on any atom is -0.494 e. The van der Waals surface area contributed by atoms with Crippen molar-refractivity contribution in [2.24, 2.45) is 0 Å². The Bertz CT molecular complexity index is 380. The highest BCUT2D eigenvalue weighted by molar-refractivity contribution is 5.76. The zero-order chi connectivity index (χ0) is 12.7.